The van der Waals surface area contributed by atoms with Crippen molar-refractivity contribution >= 4 is 39.4 Å². The van der Waals surface area contributed by atoms with Gasteiger partial charge in [-0.3, -0.25) is 4.79 Å². The second-order valence-electron chi connectivity index (χ2n) is 16.9. The molecule has 3 heteroatoms. The van der Waals surface area contributed by atoms with E-state index in [4.69, 9.17) is 0 Å². The molecule has 1 amide bonds. The Balaban J connectivity index is 0.971. The molecule has 3 nitrogen and oxygen atoms in total. The highest BCUT2D eigenvalue weighted by atomic mass is 16.1. The van der Waals surface area contributed by atoms with E-state index in [-0.39, 0.29) is 11.3 Å². The third-order valence-electron chi connectivity index (χ3n) is 12.4. The summed E-state index contributed by atoms with van der Waals surface area (Å²) >= 11 is 0. The molecule has 0 heterocycles. The number of fused-ring (bicyclic) bond motifs is 4. The molecule has 0 fully saturated rings. The minimum absolute atomic E-state index is 0.175. The minimum atomic E-state index is -0.199. The average molecular weight is 799 g/mol. The van der Waals surface area contributed by atoms with Crippen LogP contribution in [-0.4, -0.2) is 5.91 Å². The van der Waals surface area contributed by atoms with Gasteiger partial charge in [0, 0.05) is 33.7 Å². The molecule has 0 atom stereocenters. The van der Waals surface area contributed by atoms with Crippen molar-refractivity contribution in [3.63, 3.8) is 0 Å². The van der Waals surface area contributed by atoms with Crippen LogP contribution in [0.5, 0.6) is 0 Å². The van der Waals surface area contributed by atoms with Crippen LogP contribution in [0.2, 0.25) is 0 Å². The van der Waals surface area contributed by atoms with Crippen LogP contribution in [-0.2, 0) is 10.2 Å². The maximum absolute atomic E-state index is 12.1. The van der Waals surface area contributed by atoms with Gasteiger partial charge in [0.1, 0.15) is 0 Å². The molecule has 0 aliphatic heterocycles. The Hall–Kier alpha value is -7.75. The standard InChI is InChI=1S/C59H46N2O/c1-39(2)58(62)60-50-27-20-44(21-28-50)42-14-16-43(17-15-42)46-24-31-52(32-25-46)61(51-29-22-45(23-30-51)40-10-6-5-7-11-40)53-33-35-55-54-34-26-49(37-56(54)59(3,4)57(55)38-53)48-19-18-41-12-8-9-13-47(41)36-48/h5-38H,1H2,2-4H3,(H,60,62). The fourth-order valence-electron chi connectivity index (χ4n) is 8.94. The van der Waals surface area contributed by atoms with Crippen LogP contribution in [0.4, 0.5) is 22.7 Å². The third-order valence-corrected chi connectivity index (χ3v) is 12.4. The summed E-state index contributed by atoms with van der Waals surface area (Å²) in [7, 11) is 0. The highest BCUT2D eigenvalue weighted by Gasteiger charge is 2.36. The quantitative estimate of drug-likeness (QED) is 0.148. The molecular formula is C59H46N2O. The highest BCUT2D eigenvalue weighted by molar-refractivity contribution is 6.03. The molecule has 0 unspecified atom stereocenters. The van der Waals surface area contributed by atoms with Crippen LogP contribution in [0.3, 0.4) is 0 Å². The monoisotopic (exact) mass is 798 g/mol. The Morgan fingerprint density at radius 1 is 0.435 bits per heavy atom. The molecule has 9 aromatic rings. The number of anilines is 4. The molecular weight excluding hydrogens is 753 g/mol. The zero-order chi connectivity index (χ0) is 42.4. The van der Waals surface area contributed by atoms with Gasteiger partial charge in [-0.25, -0.2) is 0 Å². The topological polar surface area (TPSA) is 32.3 Å². The van der Waals surface area contributed by atoms with Crippen molar-refractivity contribution in [3.8, 4) is 55.6 Å². The summed E-state index contributed by atoms with van der Waals surface area (Å²) in [5.74, 6) is -0.175. The lowest BCUT2D eigenvalue weighted by Gasteiger charge is -2.28. The van der Waals surface area contributed by atoms with Crippen LogP contribution in [0.1, 0.15) is 31.9 Å². The number of hydrogen-bond acceptors (Lipinski definition) is 2. The molecule has 0 bridgehead atoms. The molecule has 0 radical (unpaired) electrons. The first-order chi connectivity index (χ1) is 30.2. The van der Waals surface area contributed by atoms with E-state index in [0.29, 0.717) is 5.57 Å². The average Bonchev–Trinajstić information content (AvgIpc) is 3.54. The van der Waals surface area contributed by atoms with Crippen molar-refractivity contribution in [2.45, 2.75) is 26.2 Å². The normalized spacial score (nSPS) is 12.4. The first kappa shape index (κ1) is 38.5. The number of nitrogens with zero attached hydrogens (tertiary/aromatic N) is 1. The Morgan fingerprint density at radius 3 is 1.44 bits per heavy atom. The Labute approximate surface area is 364 Å². The van der Waals surface area contributed by atoms with Crippen molar-refractivity contribution in [1.82, 2.24) is 0 Å². The minimum Gasteiger partial charge on any atom is -0.322 e. The molecule has 0 saturated heterocycles. The molecule has 62 heavy (non-hydrogen) atoms. The second kappa shape index (κ2) is 15.7. The number of carbonyl (C=O) groups is 1. The largest absolute Gasteiger partial charge is 0.322 e. The van der Waals surface area contributed by atoms with E-state index in [1.807, 2.05) is 24.3 Å². The lowest BCUT2D eigenvalue weighted by atomic mass is 9.81. The summed E-state index contributed by atoms with van der Waals surface area (Å²) in [6.07, 6.45) is 0. The number of rotatable bonds is 9. The van der Waals surface area contributed by atoms with Gasteiger partial charge in [-0.1, -0.05) is 166 Å². The smallest absolute Gasteiger partial charge is 0.250 e. The highest BCUT2D eigenvalue weighted by Crippen LogP contribution is 2.52. The van der Waals surface area contributed by atoms with E-state index in [9.17, 15) is 4.79 Å². The predicted octanol–water partition coefficient (Wildman–Crippen LogP) is 15.8. The fraction of sp³-hybridized carbons (Fsp3) is 0.0678. The van der Waals surface area contributed by atoms with Gasteiger partial charge < -0.3 is 10.2 Å². The third kappa shape index (κ3) is 7.18. The Kier molecular flexibility index (Phi) is 9.73. The van der Waals surface area contributed by atoms with Gasteiger partial charge in [-0.05, 0) is 145 Å². The van der Waals surface area contributed by atoms with Crippen molar-refractivity contribution in [3.05, 3.63) is 230 Å². The summed E-state index contributed by atoms with van der Waals surface area (Å²) < 4.78 is 0. The molecule has 9 aromatic carbocycles. The van der Waals surface area contributed by atoms with Gasteiger partial charge in [-0.2, -0.15) is 0 Å². The van der Waals surface area contributed by atoms with Crippen LogP contribution in [0, 0.1) is 0 Å². The van der Waals surface area contributed by atoms with E-state index in [1.54, 1.807) is 6.92 Å². The molecule has 1 N–H and O–H groups in total. The van der Waals surface area contributed by atoms with Crippen LogP contribution < -0.4 is 10.2 Å². The first-order valence-corrected chi connectivity index (χ1v) is 21.2. The first-order valence-electron chi connectivity index (χ1n) is 21.2. The zero-order valence-electron chi connectivity index (χ0n) is 35.2. The zero-order valence-corrected chi connectivity index (χ0v) is 35.2. The maximum atomic E-state index is 12.1. The fourth-order valence-corrected chi connectivity index (χ4v) is 8.94. The summed E-state index contributed by atoms with van der Waals surface area (Å²) in [4.78, 5) is 14.4. The summed E-state index contributed by atoms with van der Waals surface area (Å²) in [5.41, 5.74) is 19.0. The van der Waals surface area contributed by atoms with Crippen molar-refractivity contribution in [2.75, 3.05) is 10.2 Å². The number of amides is 1. The second-order valence-corrected chi connectivity index (χ2v) is 16.9. The summed E-state index contributed by atoms with van der Waals surface area (Å²) in [6, 6.07) is 74.3. The van der Waals surface area contributed by atoms with E-state index in [0.717, 1.165) is 45.0 Å². The summed E-state index contributed by atoms with van der Waals surface area (Å²) in [6.45, 7) is 10.2. The number of hydrogen-bond donors (Lipinski definition) is 1. The lowest BCUT2D eigenvalue weighted by molar-refractivity contribution is -0.112. The van der Waals surface area contributed by atoms with E-state index in [1.165, 1.54) is 55.3 Å². The molecule has 0 spiro atoms. The van der Waals surface area contributed by atoms with Crippen LogP contribution >= 0.6 is 0 Å². The van der Waals surface area contributed by atoms with Crippen molar-refractivity contribution < 1.29 is 4.79 Å². The molecule has 0 aromatic heterocycles. The van der Waals surface area contributed by atoms with Gasteiger partial charge >= 0.3 is 0 Å². The molecule has 1 aliphatic rings. The van der Waals surface area contributed by atoms with Gasteiger partial charge in [0.2, 0.25) is 0 Å². The van der Waals surface area contributed by atoms with Crippen LogP contribution in [0.15, 0.2) is 218 Å². The summed E-state index contributed by atoms with van der Waals surface area (Å²) in [5, 5.41) is 5.39. The Bertz CT molecular complexity index is 3130. The maximum Gasteiger partial charge on any atom is 0.250 e. The molecule has 10 rings (SSSR count). The van der Waals surface area contributed by atoms with E-state index < -0.39 is 0 Å². The number of benzene rings is 9. The molecule has 1 aliphatic carbocycles. The van der Waals surface area contributed by atoms with Crippen LogP contribution in [0.25, 0.3) is 66.4 Å². The van der Waals surface area contributed by atoms with Gasteiger partial charge in [0.25, 0.3) is 5.91 Å². The number of nitrogens with one attached hydrogen (secondary N) is 1. The van der Waals surface area contributed by atoms with E-state index >= 15 is 0 Å². The predicted molar refractivity (Wildman–Crippen MR) is 261 cm³/mol. The van der Waals surface area contributed by atoms with E-state index in [2.05, 4.69) is 213 Å². The van der Waals surface area contributed by atoms with Gasteiger partial charge in [-0.15, -0.1) is 0 Å². The molecule has 298 valence electrons. The Morgan fingerprint density at radius 2 is 0.855 bits per heavy atom. The number of carbonyl (C=O) groups excluding carboxylic acids is 1. The molecule has 0 saturated carbocycles. The van der Waals surface area contributed by atoms with Gasteiger partial charge in [0.05, 0.1) is 0 Å². The van der Waals surface area contributed by atoms with Crippen molar-refractivity contribution in [2.24, 2.45) is 0 Å². The van der Waals surface area contributed by atoms with Gasteiger partial charge in [0.15, 0.2) is 0 Å². The lowest BCUT2D eigenvalue weighted by Crippen LogP contribution is -2.16. The SMILES string of the molecule is C=C(C)C(=O)Nc1ccc(-c2ccc(-c3ccc(N(c4ccc(-c5ccccc5)cc4)c4ccc5c(c4)C(C)(C)c4cc(-c6ccc7ccccc7c6)ccc4-5)cc3)cc2)cc1. The van der Waals surface area contributed by atoms with Crippen molar-refractivity contribution in [1.29, 1.82) is 0 Å².